The van der Waals surface area contributed by atoms with Crippen LogP contribution in [0.1, 0.15) is 12.8 Å². The molecule has 1 N–H and O–H groups in total. The first-order chi connectivity index (χ1) is 5.27. The second kappa shape index (κ2) is 2.85. The van der Waals surface area contributed by atoms with Crippen LogP contribution in [-0.2, 0) is 4.79 Å². The molecule has 1 aliphatic heterocycles. The monoisotopic (exact) mass is 147 g/mol. The average molecular weight is 147 g/mol. The van der Waals surface area contributed by atoms with Gasteiger partial charge >= 0.3 is 0 Å². The Balaban J connectivity index is 2.92. The molecule has 0 radical (unpaired) electrons. The van der Waals surface area contributed by atoms with Crippen molar-refractivity contribution in [3.63, 3.8) is 0 Å². The molecule has 0 aromatic rings. The molecule has 0 atom stereocenters. The molecule has 4 nitrogen and oxygen atoms in total. The number of rotatable bonds is 0. The third-order valence-corrected chi connectivity index (χ3v) is 1.42. The van der Waals surface area contributed by atoms with Crippen LogP contribution in [0.4, 0.5) is 0 Å². The molecule has 0 bridgehead atoms. The second-order valence-corrected chi connectivity index (χ2v) is 2.13. The van der Waals surface area contributed by atoms with Crippen molar-refractivity contribution in [2.24, 2.45) is 0 Å². The average Bonchev–Trinajstić information content (AvgIpc) is 2.39. The topological polar surface area (TPSA) is 76.7 Å². The summed E-state index contributed by atoms with van der Waals surface area (Å²) in [5, 5.41) is 19.2. The zero-order valence-electron chi connectivity index (χ0n) is 5.72. The van der Waals surface area contributed by atoms with Crippen molar-refractivity contribution in [2.45, 2.75) is 12.8 Å². The standard InChI is InChI=1S/C7H5N3O/c8-3-5(4-9)6-1-2-7(11)10-6/h1-2H2,(H,10,11). The van der Waals surface area contributed by atoms with Crippen molar-refractivity contribution in [1.29, 1.82) is 10.5 Å². The largest absolute Gasteiger partial charge is 0.328 e. The molecule has 11 heavy (non-hydrogen) atoms. The van der Waals surface area contributed by atoms with E-state index in [0.29, 0.717) is 18.5 Å². The molecule has 0 aromatic heterocycles. The summed E-state index contributed by atoms with van der Waals surface area (Å²) in [6, 6.07) is 3.44. The quantitative estimate of drug-likeness (QED) is 0.497. The zero-order chi connectivity index (χ0) is 8.27. The number of carbonyl (C=O) groups is 1. The molecule has 1 heterocycles. The van der Waals surface area contributed by atoms with Crippen LogP contribution in [0, 0.1) is 22.7 Å². The van der Waals surface area contributed by atoms with E-state index in [1.54, 1.807) is 12.1 Å². The number of nitrogens with zero attached hydrogens (tertiary/aromatic N) is 2. The second-order valence-electron chi connectivity index (χ2n) is 2.13. The first-order valence-electron chi connectivity index (χ1n) is 3.11. The van der Waals surface area contributed by atoms with Gasteiger partial charge in [0, 0.05) is 12.1 Å². The highest BCUT2D eigenvalue weighted by molar-refractivity contribution is 5.81. The van der Waals surface area contributed by atoms with Crippen LogP contribution in [0.15, 0.2) is 11.3 Å². The van der Waals surface area contributed by atoms with Gasteiger partial charge in [-0.2, -0.15) is 10.5 Å². The molecule has 0 saturated carbocycles. The minimum absolute atomic E-state index is 0.0100. The molecular weight excluding hydrogens is 142 g/mol. The summed E-state index contributed by atoms with van der Waals surface area (Å²) in [6.07, 6.45) is 0.859. The van der Waals surface area contributed by atoms with Gasteiger partial charge < -0.3 is 5.32 Å². The molecule has 1 fully saturated rings. The van der Waals surface area contributed by atoms with E-state index in [-0.39, 0.29) is 11.5 Å². The number of nitrogens with one attached hydrogen (secondary N) is 1. The van der Waals surface area contributed by atoms with E-state index >= 15 is 0 Å². The van der Waals surface area contributed by atoms with Crippen LogP contribution in [0.5, 0.6) is 0 Å². The van der Waals surface area contributed by atoms with Gasteiger partial charge in [0.25, 0.3) is 0 Å². The Kier molecular flexibility index (Phi) is 1.89. The van der Waals surface area contributed by atoms with E-state index in [1.807, 2.05) is 0 Å². The minimum atomic E-state index is -0.122. The van der Waals surface area contributed by atoms with Gasteiger partial charge in [-0.3, -0.25) is 4.79 Å². The molecule has 1 saturated heterocycles. The highest BCUT2D eigenvalue weighted by atomic mass is 16.1. The van der Waals surface area contributed by atoms with Crippen LogP contribution in [0.2, 0.25) is 0 Å². The number of carbonyl (C=O) groups excluding carboxylic acids is 1. The number of hydrogen-bond donors (Lipinski definition) is 1. The predicted molar refractivity (Wildman–Crippen MR) is 35.6 cm³/mol. The fourth-order valence-electron chi connectivity index (χ4n) is 0.879. The third kappa shape index (κ3) is 1.36. The Hall–Kier alpha value is -1.81. The Morgan fingerprint density at radius 1 is 1.36 bits per heavy atom. The molecule has 1 rings (SSSR count). The van der Waals surface area contributed by atoms with Crippen LogP contribution in [0.25, 0.3) is 0 Å². The fraction of sp³-hybridized carbons (Fsp3) is 0.286. The van der Waals surface area contributed by atoms with Crippen molar-refractivity contribution in [3.05, 3.63) is 11.3 Å². The first-order valence-corrected chi connectivity index (χ1v) is 3.11. The molecule has 0 spiro atoms. The van der Waals surface area contributed by atoms with Crippen LogP contribution in [-0.4, -0.2) is 5.91 Å². The normalized spacial score (nSPS) is 15.1. The van der Waals surface area contributed by atoms with E-state index in [1.165, 1.54) is 0 Å². The van der Waals surface area contributed by atoms with Gasteiger partial charge in [0.1, 0.15) is 17.7 Å². The molecule has 0 unspecified atom stereocenters. The van der Waals surface area contributed by atoms with Gasteiger partial charge in [0.15, 0.2) is 0 Å². The fourth-order valence-corrected chi connectivity index (χ4v) is 0.879. The Morgan fingerprint density at radius 3 is 2.36 bits per heavy atom. The summed E-state index contributed by atoms with van der Waals surface area (Å²) < 4.78 is 0. The van der Waals surface area contributed by atoms with E-state index in [4.69, 9.17) is 10.5 Å². The summed E-state index contributed by atoms with van der Waals surface area (Å²) in [4.78, 5) is 10.6. The lowest BCUT2D eigenvalue weighted by molar-refractivity contribution is -0.118. The van der Waals surface area contributed by atoms with E-state index < -0.39 is 0 Å². The highest BCUT2D eigenvalue weighted by Crippen LogP contribution is 2.13. The lowest BCUT2D eigenvalue weighted by atomic mass is 10.2. The van der Waals surface area contributed by atoms with Crippen LogP contribution < -0.4 is 5.32 Å². The first kappa shape index (κ1) is 7.30. The van der Waals surface area contributed by atoms with E-state index in [9.17, 15) is 4.79 Å². The summed E-state index contributed by atoms with van der Waals surface area (Å²) in [7, 11) is 0. The number of amides is 1. The third-order valence-electron chi connectivity index (χ3n) is 1.42. The maximum atomic E-state index is 10.6. The minimum Gasteiger partial charge on any atom is -0.328 e. The van der Waals surface area contributed by atoms with E-state index in [0.717, 1.165) is 0 Å². The summed E-state index contributed by atoms with van der Waals surface area (Å²) in [5.41, 5.74) is 0.468. The van der Waals surface area contributed by atoms with Gasteiger partial charge in [0.05, 0.1) is 0 Å². The van der Waals surface area contributed by atoms with Crippen molar-refractivity contribution in [3.8, 4) is 12.1 Å². The van der Waals surface area contributed by atoms with Gasteiger partial charge in [-0.15, -0.1) is 0 Å². The lowest BCUT2D eigenvalue weighted by Gasteiger charge is -1.92. The summed E-state index contributed by atoms with van der Waals surface area (Å²) in [5.74, 6) is -0.122. The number of allylic oxidation sites excluding steroid dienone is 2. The molecular formula is C7H5N3O. The number of nitriles is 2. The molecule has 0 aliphatic carbocycles. The summed E-state index contributed by atoms with van der Waals surface area (Å²) in [6.45, 7) is 0. The lowest BCUT2D eigenvalue weighted by Crippen LogP contribution is -2.12. The van der Waals surface area contributed by atoms with Crippen molar-refractivity contribution >= 4 is 5.91 Å². The Morgan fingerprint density at radius 2 is 2.00 bits per heavy atom. The predicted octanol–water partition coefficient (Wildman–Crippen LogP) is 0.198. The van der Waals surface area contributed by atoms with Crippen molar-refractivity contribution in [2.75, 3.05) is 0 Å². The smallest absolute Gasteiger partial charge is 0.224 e. The maximum Gasteiger partial charge on any atom is 0.224 e. The number of hydrogen-bond acceptors (Lipinski definition) is 3. The van der Waals surface area contributed by atoms with E-state index in [2.05, 4.69) is 5.32 Å². The summed E-state index contributed by atoms with van der Waals surface area (Å²) >= 11 is 0. The SMILES string of the molecule is N#CC(C#N)=C1CCC(=O)N1. The van der Waals surface area contributed by atoms with Gasteiger partial charge in [0.2, 0.25) is 5.91 Å². The van der Waals surface area contributed by atoms with Crippen LogP contribution >= 0.6 is 0 Å². The molecule has 54 valence electrons. The van der Waals surface area contributed by atoms with Gasteiger partial charge in [-0.05, 0) is 6.42 Å². The molecule has 4 heteroatoms. The van der Waals surface area contributed by atoms with Crippen molar-refractivity contribution < 1.29 is 4.79 Å². The van der Waals surface area contributed by atoms with Crippen molar-refractivity contribution in [1.82, 2.24) is 5.32 Å². The van der Waals surface area contributed by atoms with Gasteiger partial charge in [-0.25, -0.2) is 0 Å². The molecule has 1 aliphatic rings. The highest BCUT2D eigenvalue weighted by Gasteiger charge is 2.17. The van der Waals surface area contributed by atoms with Gasteiger partial charge in [-0.1, -0.05) is 0 Å². The van der Waals surface area contributed by atoms with Crippen LogP contribution in [0.3, 0.4) is 0 Å². The Bertz CT molecular complexity index is 287. The molecule has 1 amide bonds. The maximum absolute atomic E-state index is 10.6. The Labute approximate surface area is 63.7 Å². The molecule has 0 aromatic carbocycles. The zero-order valence-corrected chi connectivity index (χ0v) is 5.72.